The minimum Gasteiger partial charge on any atom is -0.328 e. The van der Waals surface area contributed by atoms with Gasteiger partial charge in [0, 0.05) is 5.69 Å². The van der Waals surface area contributed by atoms with E-state index in [1.807, 2.05) is 31.2 Å². The Morgan fingerprint density at radius 2 is 2.18 bits per heavy atom. The maximum atomic E-state index is 12.2. The van der Waals surface area contributed by atoms with E-state index in [-0.39, 0.29) is 5.56 Å². The summed E-state index contributed by atoms with van der Waals surface area (Å²) in [6.45, 7) is 2.00. The molecule has 2 heterocycles. The number of fused-ring (bicyclic) bond motifs is 3. The Morgan fingerprint density at radius 1 is 1.41 bits per heavy atom. The molecule has 0 spiro atoms. The van der Waals surface area contributed by atoms with Crippen molar-refractivity contribution in [3.8, 4) is 0 Å². The van der Waals surface area contributed by atoms with Gasteiger partial charge >= 0.3 is 0 Å². The highest BCUT2D eigenvalue weighted by Crippen LogP contribution is 2.17. The zero-order valence-corrected chi connectivity index (χ0v) is 10.8. The van der Waals surface area contributed by atoms with Crippen LogP contribution in [0.3, 0.4) is 0 Å². The van der Waals surface area contributed by atoms with E-state index in [1.165, 1.54) is 0 Å². The van der Waals surface area contributed by atoms with Crippen molar-refractivity contribution in [1.82, 2.24) is 14.4 Å². The zero-order valence-electron chi connectivity index (χ0n) is 9.20. The summed E-state index contributed by atoms with van der Waals surface area (Å²) in [6, 6.07) is 7.60. The predicted octanol–water partition coefficient (Wildman–Crippen LogP) is 2.50. The van der Waals surface area contributed by atoms with Crippen LogP contribution in [0, 0.1) is 0 Å². The van der Waals surface area contributed by atoms with E-state index < -0.39 is 0 Å². The van der Waals surface area contributed by atoms with E-state index in [0.717, 1.165) is 23.1 Å². The number of hydrogen-bond acceptors (Lipinski definition) is 2. The number of nitrogens with zero attached hydrogens (tertiary/aromatic N) is 2. The maximum Gasteiger partial charge on any atom is 0.274 e. The van der Waals surface area contributed by atoms with Gasteiger partial charge in [-0.1, -0.05) is 19.1 Å². The Kier molecular flexibility index (Phi) is 2.29. The van der Waals surface area contributed by atoms with Crippen LogP contribution in [0.25, 0.3) is 16.8 Å². The molecule has 0 unspecified atom stereocenters. The smallest absolute Gasteiger partial charge is 0.274 e. The summed E-state index contributed by atoms with van der Waals surface area (Å²) in [5.41, 5.74) is 2.45. The molecule has 4 nitrogen and oxygen atoms in total. The second kappa shape index (κ2) is 3.70. The number of aryl methyl sites for hydroxylation is 1. The Labute approximate surface area is 105 Å². The Bertz CT molecular complexity index is 772. The summed E-state index contributed by atoms with van der Waals surface area (Å²) in [4.78, 5) is 19.8. The van der Waals surface area contributed by atoms with Crippen molar-refractivity contribution < 1.29 is 0 Å². The number of halogens is 1. The third-order valence-electron chi connectivity index (χ3n) is 2.83. The molecular formula is C12H10BrN3O. The van der Waals surface area contributed by atoms with Crippen molar-refractivity contribution in [1.29, 1.82) is 0 Å². The molecule has 0 saturated carbocycles. The lowest BCUT2D eigenvalue weighted by Crippen LogP contribution is -2.17. The van der Waals surface area contributed by atoms with E-state index in [0.29, 0.717) is 10.3 Å². The lowest BCUT2D eigenvalue weighted by molar-refractivity contribution is 0.960. The first-order valence-corrected chi connectivity index (χ1v) is 6.19. The molecule has 1 N–H and O–H groups in total. The third-order valence-corrected chi connectivity index (χ3v) is 3.65. The fourth-order valence-electron chi connectivity index (χ4n) is 1.98. The van der Waals surface area contributed by atoms with Gasteiger partial charge in [0.05, 0.1) is 11.0 Å². The minimum atomic E-state index is -0.0655. The van der Waals surface area contributed by atoms with E-state index in [1.54, 1.807) is 4.40 Å². The van der Waals surface area contributed by atoms with Gasteiger partial charge in [-0.25, -0.2) is 9.38 Å². The average Bonchev–Trinajstić information content (AvgIpc) is 2.72. The predicted molar refractivity (Wildman–Crippen MR) is 70.4 cm³/mol. The number of imidazole rings is 1. The van der Waals surface area contributed by atoms with Gasteiger partial charge in [0.15, 0.2) is 0 Å². The molecule has 0 atom stereocenters. The molecule has 0 saturated heterocycles. The van der Waals surface area contributed by atoms with Crippen molar-refractivity contribution in [3.05, 3.63) is 44.8 Å². The zero-order chi connectivity index (χ0) is 12.0. The van der Waals surface area contributed by atoms with Crippen LogP contribution in [-0.2, 0) is 6.42 Å². The van der Waals surface area contributed by atoms with Gasteiger partial charge < -0.3 is 4.98 Å². The highest BCUT2D eigenvalue weighted by molar-refractivity contribution is 9.10. The maximum absolute atomic E-state index is 12.2. The molecule has 5 heteroatoms. The van der Waals surface area contributed by atoms with Crippen molar-refractivity contribution >= 4 is 32.7 Å². The first-order valence-electron chi connectivity index (χ1n) is 5.40. The second-order valence-electron chi connectivity index (χ2n) is 3.84. The molecular weight excluding hydrogens is 282 g/mol. The van der Waals surface area contributed by atoms with Gasteiger partial charge in [0.1, 0.15) is 4.47 Å². The number of para-hydroxylation sites is 2. The van der Waals surface area contributed by atoms with Crippen LogP contribution in [0.5, 0.6) is 0 Å². The molecule has 3 rings (SSSR count). The third kappa shape index (κ3) is 1.42. The van der Waals surface area contributed by atoms with Crippen LogP contribution in [-0.4, -0.2) is 14.4 Å². The van der Waals surface area contributed by atoms with Gasteiger partial charge in [-0.15, -0.1) is 0 Å². The molecule has 86 valence electrons. The number of aromatic amines is 1. The van der Waals surface area contributed by atoms with Gasteiger partial charge in [0.25, 0.3) is 5.56 Å². The lowest BCUT2D eigenvalue weighted by Gasteiger charge is -2.02. The van der Waals surface area contributed by atoms with Gasteiger partial charge in [-0.05, 0) is 34.5 Å². The number of H-pyrrole nitrogens is 1. The Morgan fingerprint density at radius 3 is 2.94 bits per heavy atom. The van der Waals surface area contributed by atoms with E-state index in [9.17, 15) is 4.79 Å². The summed E-state index contributed by atoms with van der Waals surface area (Å²) in [5.74, 6) is 0.594. The van der Waals surface area contributed by atoms with Crippen LogP contribution >= 0.6 is 15.9 Å². The normalized spacial score (nSPS) is 11.4. The molecule has 0 amide bonds. The van der Waals surface area contributed by atoms with Crippen LogP contribution in [0.15, 0.2) is 33.5 Å². The first-order chi connectivity index (χ1) is 8.22. The molecule has 3 aromatic rings. The number of benzene rings is 1. The van der Waals surface area contributed by atoms with Crippen molar-refractivity contribution in [2.24, 2.45) is 0 Å². The van der Waals surface area contributed by atoms with Gasteiger partial charge in [0.2, 0.25) is 5.78 Å². The molecule has 0 bridgehead atoms. The molecule has 17 heavy (non-hydrogen) atoms. The highest BCUT2D eigenvalue weighted by Gasteiger charge is 2.12. The quantitative estimate of drug-likeness (QED) is 0.749. The number of nitrogens with one attached hydrogen (secondary N) is 1. The van der Waals surface area contributed by atoms with Crippen LogP contribution in [0.1, 0.15) is 12.6 Å². The van der Waals surface area contributed by atoms with Crippen LogP contribution in [0.2, 0.25) is 0 Å². The van der Waals surface area contributed by atoms with E-state index in [2.05, 4.69) is 25.9 Å². The SMILES string of the molecule is CCc1[nH]c2nc3ccccc3n2c(=O)c1Br. The van der Waals surface area contributed by atoms with E-state index >= 15 is 0 Å². The molecule has 1 aromatic carbocycles. The number of hydrogen-bond donors (Lipinski definition) is 1. The Hall–Kier alpha value is -1.62. The van der Waals surface area contributed by atoms with Gasteiger partial charge in [-0.2, -0.15) is 0 Å². The topological polar surface area (TPSA) is 50.2 Å². The van der Waals surface area contributed by atoms with E-state index in [4.69, 9.17) is 0 Å². The van der Waals surface area contributed by atoms with Crippen molar-refractivity contribution in [2.45, 2.75) is 13.3 Å². The summed E-state index contributed by atoms with van der Waals surface area (Å²) in [6.07, 6.45) is 0.759. The second-order valence-corrected chi connectivity index (χ2v) is 4.63. The van der Waals surface area contributed by atoms with Crippen molar-refractivity contribution in [2.75, 3.05) is 0 Å². The molecule has 2 aromatic heterocycles. The monoisotopic (exact) mass is 291 g/mol. The Balaban J connectivity index is 2.59. The molecule has 0 aliphatic heterocycles. The first kappa shape index (κ1) is 10.5. The summed E-state index contributed by atoms with van der Waals surface area (Å²) in [5, 5.41) is 0. The van der Waals surface area contributed by atoms with Gasteiger partial charge in [-0.3, -0.25) is 4.79 Å². The molecule has 0 aliphatic rings. The average molecular weight is 292 g/mol. The van der Waals surface area contributed by atoms with Crippen LogP contribution < -0.4 is 5.56 Å². The highest BCUT2D eigenvalue weighted by atomic mass is 79.9. The largest absolute Gasteiger partial charge is 0.328 e. The number of aromatic nitrogens is 3. The standard InChI is InChI=1S/C12H10BrN3O/c1-2-7-10(13)11(17)16-9-6-4-3-5-8(9)15-12(16)14-7/h3-6H,2H2,1H3,(H,14,15). The summed E-state index contributed by atoms with van der Waals surface area (Å²) < 4.78 is 2.18. The van der Waals surface area contributed by atoms with Crippen LogP contribution in [0.4, 0.5) is 0 Å². The molecule has 0 radical (unpaired) electrons. The fourth-order valence-corrected chi connectivity index (χ4v) is 2.53. The number of rotatable bonds is 1. The fraction of sp³-hybridized carbons (Fsp3) is 0.167. The summed E-state index contributed by atoms with van der Waals surface area (Å²) >= 11 is 3.34. The minimum absolute atomic E-state index is 0.0655. The lowest BCUT2D eigenvalue weighted by atomic mass is 10.3. The summed E-state index contributed by atoms with van der Waals surface area (Å²) in [7, 11) is 0. The molecule has 0 aliphatic carbocycles. The molecule has 0 fully saturated rings. The van der Waals surface area contributed by atoms with Crippen molar-refractivity contribution in [3.63, 3.8) is 0 Å².